The maximum Gasteiger partial charge on any atom is 0.328 e. The van der Waals surface area contributed by atoms with Crippen LogP contribution in [0.5, 0.6) is 28.7 Å². The Kier molecular flexibility index (Phi) is 10.4. The zero-order chi connectivity index (χ0) is 36.2. The lowest BCUT2D eigenvalue weighted by molar-refractivity contribution is -0.147. The number of aromatic hydroxyl groups is 1. The van der Waals surface area contributed by atoms with Crippen molar-refractivity contribution in [2.45, 2.75) is 44.7 Å². The van der Waals surface area contributed by atoms with Crippen LogP contribution in [0, 0.1) is 11.8 Å². The van der Waals surface area contributed by atoms with Crippen LogP contribution in [0.25, 0.3) is 0 Å². The molecule has 5 atom stereocenters. The fourth-order valence-corrected chi connectivity index (χ4v) is 6.97. The molecule has 0 aromatic heterocycles. The lowest BCUT2D eigenvalue weighted by Crippen LogP contribution is -2.42. The van der Waals surface area contributed by atoms with E-state index in [4.69, 9.17) is 33.2 Å². The molecule has 3 aliphatic rings. The highest BCUT2D eigenvalue weighted by Gasteiger charge is 2.52. The van der Waals surface area contributed by atoms with Gasteiger partial charge in [-0.25, -0.2) is 4.79 Å². The van der Waals surface area contributed by atoms with Crippen LogP contribution in [0.1, 0.15) is 65.7 Å². The second kappa shape index (κ2) is 15.1. The van der Waals surface area contributed by atoms with Gasteiger partial charge in [0.15, 0.2) is 23.0 Å². The van der Waals surface area contributed by atoms with Crippen LogP contribution < -0.4 is 29.6 Å². The summed E-state index contributed by atoms with van der Waals surface area (Å²) in [5.41, 5.74) is 3.29. The highest BCUT2D eigenvalue weighted by molar-refractivity contribution is 5.97. The summed E-state index contributed by atoms with van der Waals surface area (Å²) in [6.07, 6.45) is -0.0383. The number of nitrogens with one attached hydrogen (secondary N) is 2. The van der Waals surface area contributed by atoms with Gasteiger partial charge in [-0.15, -0.1) is 0 Å². The van der Waals surface area contributed by atoms with Gasteiger partial charge in [0.05, 0.1) is 46.0 Å². The van der Waals surface area contributed by atoms with Crippen LogP contribution in [0.15, 0.2) is 48.5 Å². The van der Waals surface area contributed by atoms with Gasteiger partial charge in [-0.2, -0.15) is 0 Å². The summed E-state index contributed by atoms with van der Waals surface area (Å²) in [6, 6.07) is 12.4. The summed E-state index contributed by atoms with van der Waals surface area (Å²) in [5, 5.41) is 16.9. The molecule has 14 nitrogen and oxygen atoms in total. The van der Waals surface area contributed by atoms with Crippen molar-refractivity contribution in [1.82, 2.24) is 5.32 Å². The van der Waals surface area contributed by atoms with Crippen LogP contribution in [0.4, 0.5) is 5.69 Å². The lowest BCUT2D eigenvalue weighted by atomic mass is 9.65. The molecule has 3 aromatic carbocycles. The van der Waals surface area contributed by atoms with Crippen LogP contribution in [-0.4, -0.2) is 75.8 Å². The highest BCUT2D eigenvalue weighted by atomic mass is 16.7. The van der Waals surface area contributed by atoms with Crippen LogP contribution in [-0.2, 0) is 28.6 Å². The first-order valence-electron chi connectivity index (χ1n) is 16.7. The molecule has 0 unspecified atom stereocenters. The topological polar surface area (TPSA) is 177 Å². The van der Waals surface area contributed by atoms with E-state index in [9.17, 15) is 24.3 Å². The zero-order valence-electron chi connectivity index (χ0n) is 28.7. The predicted octanol–water partition coefficient (Wildman–Crippen LogP) is 4.23. The SMILES string of the molecule is CCOC(=O)CC[C@@H](NC(=O)c1ccc(N[C@@H]2c3cc4c(cc3[C@@H](c3cc(OC)c(O)c(OC)c3)[C@H]3C(=O)OC[C@@H]32)OCO4)cc1)C(=O)OCC. The van der Waals surface area contributed by atoms with E-state index in [1.54, 1.807) is 50.2 Å². The molecule has 1 aliphatic carbocycles. The first kappa shape index (κ1) is 35.2. The van der Waals surface area contributed by atoms with E-state index < -0.39 is 41.8 Å². The number of cyclic esters (lactones) is 1. The molecule has 0 radical (unpaired) electrons. The van der Waals surface area contributed by atoms with E-state index >= 15 is 0 Å². The van der Waals surface area contributed by atoms with Gasteiger partial charge in [0.25, 0.3) is 5.91 Å². The molecule has 2 aliphatic heterocycles. The first-order chi connectivity index (χ1) is 24.7. The quantitative estimate of drug-likeness (QED) is 0.170. The van der Waals surface area contributed by atoms with E-state index in [1.165, 1.54) is 14.2 Å². The van der Waals surface area contributed by atoms with Gasteiger partial charge in [-0.1, -0.05) is 0 Å². The number of methoxy groups -OCH3 is 2. The molecule has 3 aromatic rings. The number of hydrogen-bond donors (Lipinski definition) is 3. The minimum absolute atomic E-state index is 0.0244. The second-order valence-corrected chi connectivity index (χ2v) is 12.2. The normalized spacial score (nSPS) is 20.3. The molecule has 1 fully saturated rings. The average molecular weight is 705 g/mol. The molecule has 14 heteroatoms. The van der Waals surface area contributed by atoms with Crippen molar-refractivity contribution in [3.63, 3.8) is 0 Å². The molecule has 2 heterocycles. The minimum Gasteiger partial charge on any atom is -0.502 e. The fraction of sp³-hybridized carbons (Fsp3) is 0.405. The van der Waals surface area contributed by atoms with Crippen molar-refractivity contribution in [3.8, 4) is 28.7 Å². The van der Waals surface area contributed by atoms with Crippen molar-refractivity contribution in [2.75, 3.05) is 46.1 Å². The number of phenolic OH excluding ortho intramolecular Hbond substituents is 1. The van der Waals surface area contributed by atoms with E-state index in [2.05, 4.69) is 10.6 Å². The monoisotopic (exact) mass is 704 g/mol. The van der Waals surface area contributed by atoms with Crippen LogP contribution in [0.3, 0.4) is 0 Å². The summed E-state index contributed by atoms with van der Waals surface area (Å²) in [6.45, 7) is 3.88. The zero-order valence-corrected chi connectivity index (χ0v) is 28.7. The van der Waals surface area contributed by atoms with E-state index in [0.717, 1.165) is 11.1 Å². The summed E-state index contributed by atoms with van der Waals surface area (Å²) in [5.74, 6) is -2.09. The third-order valence-electron chi connectivity index (χ3n) is 9.34. The number of carbonyl (C=O) groups excluding carboxylic acids is 4. The molecule has 6 rings (SSSR count). The Morgan fingerprint density at radius 3 is 2.18 bits per heavy atom. The predicted molar refractivity (Wildman–Crippen MR) is 180 cm³/mol. The molecule has 0 bridgehead atoms. The first-order valence-corrected chi connectivity index (χ1v) is 16.7. The third-order valence-corrected chi connectivity index (χ3v) is 9.34. The number of ether oxygens (including phenoxy) is 7. The van der Waals surface area contributed by atoms with Gasteiger partial charge in [0.1, 0.15) is 6.04 Å². The largest absolute Gasteiger partial charge is 0.502 e. The van der Waals surface area contributed by atoms with Gasteiger partial charge in [0.2, 0.25) is 12.5 Å². The number of phenols is 1. The van der Waals surface area contributed by atoms with Gasteiger partial charge >= 0.3 is 17.9 Å². The molecule has 3 N–H and O–H groups in total. The Bertz CT molecular complexity index is 1780. The molecule has 51 heavy (non-hydrogen) atoms. The number of fused-ring (bicyclic) bond motifs is 3. The van der Waals surface area contributed by atoms with E-state index in [1.807, 2.05) is 12.1 Å². The van der Waals surface area contributed by atoms with Crippen LogP contribution >= 0.6 is 0 Å². The number of benzene rings is 3. The fourth-order valence-electron chi connectivity index (χ4n) is 6.97. The molecule has 0 spiro atoms. The maximum absolute atomic E-state index is 13.5. The molecule has 1 amide bonds. The number of esters is 3. The van der Waals surface area contributed by atoms with Crippen LogP contribution in [0.2, 0.25) is 0 Å². The van der Waals surface area contributed by atoms with Crippen molar-refractivity contribution in [1.29, 1.82) is 0 Å². The smallest absolute Gasteiger partial charge is 0.328 e. The number of amides is 1. The van der Waals surface area contributed by atoms with Crippen molar-refractivity contribution in [2.24, 2.45) is 11.8 Å². The number of carbonyl (C=O) groups is 4. The Hall–Kier alpha value is -5.66. The van der Waals surface area contributed by atoms with E-state index in [0.29, 0.717) is 22.7 Å². The summed E-state index contributed by atoms with van der Waals surface area (Å²) in [4.78, 5) is 51.2. The average Bonchev–Trinajstić information content (AvgIpc) is 3.76. The van der Waals surface area contributed by atoms with Gasteiger partial charge in [0, 0.05) is 29.5 Å². The minimum atomic E-state index is -1.04. The summed E-state index contributed by atoms with van der Waals surface area (Å²) < 4.78 is 38.1. The summed E-state index contributed by atoms with van der Waals surface area (Å²) in [7, 11) is 2.88. The number of rotatable bonds is 13. The number of hydrogen-bond acceptors (Lipinski definition) is 13. The van der Waals surface area contributed by atoms with Crippen molar-refractivity contribution in [3.05, 3.63) is 70.8 Å². The van der Waals surface area contributed by atoms with Gasteiger partial charge in [-0.3, -0.25) is 14.4 Å². The highest BCUT2D eigenvalue weighted by Crippen LogP contribution is 2.56. The molecular formula is C37H40N2O12. The van der Waals surface area contributed by atoms with Gasteiger partial charge < -0.3 is 48.9 Å². The molecular weight excluding hydrogens is 664 g/mol. The van der Waals surface area contributed by atoms with E-state index in [-0.39, 0.29) is 74.2 Å². The second-order valence-electron chi connectivity index (χ2n) is 12.2. The Balaban J connectivity index is 1.29. The molecule has 1 saturated heterocycles. The summed E-state index contributed by atoms with van der Waals surface area (Å²) >= 11 is 0. The molecule has 270 valence electrons. The van der Waals surface area contributed by atoms with Crippen molar-refractivity contribution < 1.29 is 57.4 Å². The maximum atomic E-state index is 13.5. The Morgan fingerprint density at radius 2 is 1.55 bits per heavy atom. The van der Waals surface area contributed by atoms with Gasteiger partial charge in [-0.05, 0) is 85.5 Å². The molecule has 0 saturated carbocycles. The lowest BCUT2D eigenvalue weighted by Gasteiger charge is -2.40. The third kappa shape index (κ3) is 7.03. The standard InChI is InChI=1S/C37H40N2O12/c1-5-47-30(40)12-11-25(36(43)48-6-2)39-35(42)19-7-9-21(10-8-19)38-33-23-16-27-26(50-18-51-27)15-22(23)31(32-24(33)17-49-37(32)44)20-13-28(45-3)34(41)29(14-20)46-4/h7-10,13-16,24-25,31-33,38,41H,5-6,11-12,17-18H2,1-4H3,(H,39,42)/t24-,25+,31+,32-,33+/m0/s1. The Labute approximate surface area is 294 Å². The van der Waals surface area contributed by atoms with Crippen molar-refractivity contribution >= 4 is 29.5 Å². The number of anilines is 1. The Morgan fingerprint density at radius 1 is 0.902 bits per heavy atom.